The first-order valence-electron chi connectivity index (χ1n) is 6.36. The van der Waals surface area contributed by atoms with Crippen molar-refractivity contribution >= 4 is 27.9 Å². The Balaban J connectivity index is 4.83. The zero-order chi connectivity index (χ0) is 13.2. The molecule has 0 radical (unpaired) electrons. The van der Waals surface area contributed by atoms with Crippen LogP contribution >= 0.6 is 11.6 Å². The summed E-state index contributed by atoms with van der Waals surface area (Å²) in [5, 5.41) is 0.373. The average Bonchev–Trinajstić information content (AvgIpc) is 2.11. The molecule has 1 unspecified atom stereocenters. The van der Waals surface area contributed by atoms with Crippen molar-refractivity contribution in [2.24, 2.45) is 0 Å². The number of nitrogens with one attached hydrogen (secondary N) is 1. The molecule has 0 bridgehead atoms. The molecule has 0 aliphatic carbocycles. The maximum atomic E-state index is 6.85. The summed E-state index contributed by atoms with van der Waals surface area (Å²) in [7, 11) is -2.92. The van der Waals surface area contributed by atoms with E-state index in [1.54, 1.807) is 0 Å². The van der Waals surface area contributed by atoms with Crippen LogP contribution in [0.4, 0.5) is 0 Å². The molecule has 0 rings (SSSR count). The summed E-state index contributed by atoms with van der Waals surface area (Å²) in [5.41, 5.74) is 0. The second-order valence-corrected chi connectivity index (χ2v) is 18.6. The van der Waals surface area contributed by atoms with Crippen molar-refractivity contribution in [2.45, 2.75) is 70.0 Å². The van der Waals surface area contributed by atoms with Crippen LogP contribution in [0.3, 0.4) is 0 Å². The topological polar surface area (TPSA) is 12.0 Å². The molecule has 0 amide bonds. The minimum Gasteiger partial charge on any atom is -0.337 e. The van der Waals surface area contributed by atoms with Gasteiger partial charge in [-0.3, -0.25) is 0 Å². The third kappa shape index (κ3) is 3.86. The van der Waals surface area contributed by atoms with Crippen LogP contribution in [0.25, 0.3) is 0 Å². The molecule has 1 nitrogen and oxygen atoms in total. The minimum atomic E-state index is -1.50. The normalized spacial score (nSPS) is 16.3. The first kappa shape index (κ1) is 16.7. The lowest BCUT2D eigenvalue weighted by molar-refractivity contribution is 0.716. The molecular weight excluding hydrogens is 250 g/mol. The van der Waals surface area contributed by atoms with Crippen molar-refractivity contribution in [2.75, 3.05) is 6.54 Å². The van der Waals surface area contributed by atoms with Gasteiger partial charge in [0.05, 0.1) is 8.07 Å². The van der Waals surface area contributed by atoms with Gasteiger partial charge in [-0.05, 0) is 18.0 Å². The molecule has 0 aromatic heterocycles. The molecular formula is C12H30ClNSi2. The van der Waals surface area contributed by atoms with Crippen molar-refractivity contribution in [1.82, 2.24) is 4.98 Å². The summed E-state index contributed by atoms with van der Waals surface area (Å²) in [6.07, 6.45) is 1.19. The van der Waals surface area contributed by atoms with Crippen LogP contribution in [-0.4, -0.2) is 27.5 Å². The van der Waals surface area contributed by atoms with Crippen molar-refractivity contribution in [3.05, 3.63) is 0 Å². The number of rotatable bonds is 5. The maximum Gasteiger partial charge on any atom is 0.134 e. The Morgan fingerprint density at radius 3 is 1.88 bits per heavy atom. The molecule has 0 fully saturated rings. The SMILES string of the molecule is CCCN[Si](C)(C)C(Cl)[Si](C)(C)C(C)(C)C. The van der Waals surface area contributed by atoms with Crippen LogP contribution in [0, 0.1) is 0 Å². The lowest BCUT2D eigenvalue weighted by Gasteiger charge is -2.46. The predicted octanol–water partition coefficient (Wildman–Crippen LogP) is 4.39. The summed E-state index contributed by atoms with van der Waals surface area (Å²) >= 11 is 6.85. The molecule has 0 aromatic rings. The quantitative estimate of drug-likeness (QED) is 0.582. The van der Waals surface area contributed by atoms with E-state index in [-0.39, 0.29) is 0 Å². The molecule has 16 heavy (non-hydrogen) atoms. The zero-order valence-corrected chi connectivity index (χ0v) is 15.1. The van der Waals surface area contributed by atoms with E-state index in [1.807, 2.05) is 0 Å². The van der Waals surface area contributed by atoms with Gasteiger partial charge in [-0.2, -0.15) is 0 Å². The van der Waals surface area contributed by atoms with Crippen molar-refractivity contribution < 1.29 is 0 Å². The second-order valence-electron chi connectivity index (χ2n) is 6.98. The van der Waals surface area contributed by atoms with E-state index >= 15 is 0 Å². The molecule has 1 atom stereocenters. The summed E-state index contributed by atoms with van der Waals surface area (Å²) in [5.74, 6) is 0. The number of halogens is 1. The molecule has 0 saturated heterocycles. The van der Waals surface area contributed by atoms with E-state index < -0.39 is 16.3 Å². The third-order valence-corrected chi connectivity index (χ3v) is 19.2. The Labute approximate surface area is 109 Å². The van der Waals surface area contributed by atoms with Gasteiger partial charge < -0.3 is 4.98 Å². The smallest absolute Gasteiger partial charge is 0.134 e. The van der Waals surface area contributed by atoms with Gasteiger partial charge in [0.25, 0.3) is 0 Å². The van der Waals surface area contributed by atoms with Gasteiger partial charge in [-0.25, -0.2) is 0 Å². The zero-order valence-electron chi connectivity index (χ0n) is 12.4. The molecule has 98 valence electrons. The molecule has 0 heterocycles. The van der Waals surface area contributed by atoms with Crippen LogP contribution in [-0.2, 0) is 0 Å². The van der Waals surface area contributed by atoms with E-state index in [0.29, 0.717) is 9.66 Å². The highest BCUT2D eigenvalue weighted by Gasteiger charge is 2.48. The highest BCUT2D eigenvalue weighted by Crippen LogP contribution is 2.42. The van der Waals surface area contributed by atoms with Crippen molar-refractivity contribution in [3.63, 3.8) is 0 Å². The first-order valence-corrected chi connectivity index (χ1v) is 12.9. The van der Waals surface area contributed by atoms with Gasteiger partial charge in [0.1, 0.15) is 8.24 Å². The van der Waals surface area contributed by atoms with E-state index in [2.05, 4.69) is 58.9 Å². The van der Waals surface area contributed by atoms with E-state index in [9.17, 15) is 0 Å². The highest BCUT2D eigenvalue weighted by molar-refractivity contribution is 7.04. The Hall–Kier alpha value is 0.684. The predicted molar refractivity (Wildman–Crippen MR) is 82.6 cm³/mol. The van der Waals surface area contributed by atoms with E-state index in [0.717, 1.165) is 6.54 Å². The molecule has 0 aromatic carbocycles. The Morgan fingerprint density at radius 2 is 1.56 bits per heavy atom. The molecule has 4 heteroatoms. The van der Waals surface area contributed by atoms with Crippen LogP contribution in [0.1, 0.15) is 34.1 Å². The average molecular weight is 280 g/mol. The summed E-state index contributed by atoms with van der Waals surface area (Å²) in [6.45, 7) is 20.0. The molecule has 0 aliphatic rings. The van der Waals surface area contributed by atoms with Gasteiger partial charge in [-0.1, -0.05) is 53.9 Å². The first-order chi connectivity index (χ1) is 6.97. The standard InChI is InChI=1S/C12H30ClNSi2/c1-9-10-14-16(7,8)11(13)15(5,6)12(2,3)4/h11,14H,9-10H2,1-8H3. The monoisotopic (exact) mass is 279 g/mol. The fourth-order valence-corrected chi connectivity index (χ4v) is 13.7. The Kier molecular flexibility index (Phi) is 5.79. The Bertz CT molecular complexity index is 222. The number of hydrogen-bond donors (Lipinski definition) is 1. The summed E-state index contributed by atoms with van der Waals surface area (Å²) < 4.78 is 0.381. The lowest BCUT2D eigenvalue weighted by atomic mass is 10.2. The van der Waals surface area contributed by atoms with Crippen molar-refractivity contribution in [1.29, 1.82) is 0 Å². The molecule has 1 N–H and O–H groups in total. The molecule has 0 aliphatic heterocycles. The van der Waals surface area contributed by atoms with Crippen LogP contribution in [0.2, 0.25) is 31.2 Å². The van der Waals surface area contributed by atoms with Gasteiger partial charge >= 0.3 is 0 Å². The van der Waals surface area contributed by atoms with E-state index in [1.165, 1.54) is 6.42 Å². The van der Waals surface area contributed by atoms with Crippen LogP contribution < -0.4 is 4.98 Å². The fraction of sp³-hybridized carbons (Fsp3) is 1.00. The largest absolute Gasteiger partial charge is 0.337 e. The number of alkyl halides is 1. The Morgan fingerprint density at radius 1 is 1.12 bits per heavy atom. The summed E-state index contributed by atoms with van der Waals surface area (Å²) in [4.78, 5) is 3.73. The summed E-state index contributed by atoms with van der Waals surface area (Å²) in [6, 6.07) is 0. The van der Waals surface area contributed by atoms with Crippen molar-refractivity contribution in [3.8, 4) is 0 Å². The fourth-order valence-electron chi connectivity index (χ4n) is 1.82. The number of hydrogen-bond acceptors (Lipinski definition) is 1. The lowest BCUT2D eigenvalue weighted by Crippen LogP contribution is -2.64. The van der Waals surface area contributed by atoms with Gasteiger partial charge in [0.2, 0.25) is 0 Å². The minimum absolute atomic E-state index is 0.373. The van der Waals surface area contributed by atoms with E-state index in [4.69, 9.17) is 11.6 Å². The van der Waals surface area contributed by atoms with Gasteiger partial charge in [-0.15, -0.1) is 11.6 Å². The van der Waals surface area contributed by atoms with Gasteiger partial charge in [0.15, 0.2) is 0 Å². The molecule has 0 spiro atoms. The van der Waals surface area contributed by atoms with Crippen LogP contribution in [0.5, 0.6) is 0 Å². The maximum absolute atomic E-state index is 6.85. The highest BCUT2D eigenvalue weighted by atomic mass is 35.5. The van der Waals surface area contributed by atoms with Crippen LogP contribution in [0.15, 0.2) is 0 Å². The van der Waals surface area contributed by atoms with Gasteiger partial charge in [0, 0.05) is 4.62 Å². The second kappa shape index (κ2) is 5.55. The molecule has 0 saturated carbocycles. The third-order valence-electron chi connectivity index (χ3n) is 4.03.